The summed E-state index contributed by atoms with van der Waals surface area (Å²) < 4.78 is 28.0. The van der Waals surface area contributed by atoms with Gasteiger partial charge in [0.25, 0.3) is 0 Å². The van der Waals surface area contributed by atoms with E-state index in [4.69, 9.17) is 0 Å². The van der Waals surface area contributed by atoms with Crippen LogP contribution in [-0.4, -0.2) is 21.0 Å². The molecule has 1 heterocycles. The van der Waals surface area contributed by atoms with Crippen LogP contribution in [0.25, 0.3) is 0 Å². The molecule has 1 aliphatic heterocycles. The fraction of sp³-hybridized carbons (Fsp3) is 0.600. The number of fused-ring (bicyclic) bond motifs is 1. The van der Waals surface area contributed by atoms with Crippen LogP contribution in [0, 0.1) is 6.92 Å². The summed E-state index contributed by atoms with van der Waals surface area (Å²) in [5.41, 5.74) is 3.06. The van der Waals surface area contributed by atoms with Crippen molar-refractivity contribution in [2.24, 2.45) is 0 Å². The molecule has 20 heavy (non-hydrogen) atoms. The molecule has 0 bridgehead atoms. The molecule has 0 unspecified atom stereocenters. The van der Waals surface area contributed by atoms with Gasteiger partial charge in [-0.3, -0.25) is 0 Å². The fourth-order valence-corrected chi connectivity index (χ4v) is 4.38. The summed E-state index contributed by atoms with van der Waals surface area (Å²) in [7, 11) is -3.43. The monoisotopic (exact) mass is 296 g/mol. The van der Waals surface area contributed by atoms with E-state index < -0.39 is 10.0 Å². The molecule has 0 amide bonds. The average molecular weight is 296 g/mol. The van der Waals surface area contributed by atoms with Crippen molar-refractivity contribution in [3.8, 4) is 0 Å². The van der Waals surface area contributed by atoms with Crippen LogP contribution < -0.4 is 10.0 Å². The Labute approximate surface area is 122 Å². The van der Waals surface area contributed by atoms with E-state index in [-0.39, 0.29) is 6.04 Å². The largest absolute Gasteiger partial charge is 0.385 e. The van der Waals surface area contributed by atoms with E-state index in [1.165, 1.54) is 0 Å². The zero-order valence-electron chi connectivity index (χ0n) is 12.5. The zero-order valence-corrected chi connectivity index (χ0v) is 13.3. The summed E-state index contributed by atoms with van der Waals surface area (Å²) in [6, 6.07) is 3.64. The fourth-order valence-electron chi connectivity index (χ4n) is 2.71. The number of rotatable bonds is 5. The number of benzene rings is 1. The van der Waals surface area contributed by atoms with Crippen molar-refractivity contribution < 1.29 is 8.42 Å². The molecular weight excluding hydrogens is 272 g/mol. The maximum absolute atomic E-state index is 12.6. The molecule has 5 heteroatoms. The van der Waals surface area contributed by atoms with Crippen LogP contribution in [0.2, 0.25) is 0 Å². The third-order valence-electron chi connectivity index (χ3n) is 3.98. The summed E-state index contributed by atoms with van der Waals surface area (Å²) in [6.07, 6.45) is 3.41. The molecule has 0 saturated carbocycles. The second-order valence-corrected chi connectivity index (χ2v) is 7.08. The van der Waals surface area contributed by atoms with Gasteiger partial charge >= 0.3 is 0 Å². The van der Waals surface area contributed by atoms with Gasteiger partial charge in [-0.15, -0.1) is 0 Å². The lowest BCUT2D eigenvalue weighted by Crippen LogP contribution is -2.34. The van der Waals surface area contributed by atoms with Crippen molar-refractivity contribution in [3.05, 3.63) is 23.3 Å². The normalized spacial score (nSPS) is 15.0. The lowest BCUT2D eigenvalue weighted by molar-refractivity contribution is 0.529. The smallest absolute Gasteiger partial charge is 0.241 e. The molecule has 0 saturated heterocycles. The summed E-state index contributed by atoms with van der Waals surface area (Å²) in [5.74, 6) is 0. The first kappa shape index (κ1) is 15.3. The van der Waals surface area contributed by atoms with E-state index in [0.717, 1.165) is 49.0 Å². The number of hydrogen-bond acceptors (Lipinski definition) is 3. The van der Waals surface area contributed by atoms with Gasteiger partial charge in [0.1, 0.15) is 0 Å². The van der Waals surface area contributed by atoms with Gasteiger partial charge < -0.3 is 5.32 Å². The lowest BCUT2D eigenvalue weighted by Gasteiger charge is -2.24. The summed E-state index contributed by atoms with van der Waals surface area (Å²) in [5, 5.41) is 3.33. The average Bonchev–Trinajstić information content (AvgIpc) is 2.45. The second kappa shape index (κ2) is 6.14. The molecule has 2 rings (SSSR count). The van der Waals surface area contributed by atoms with Crippen molar-refractivity contribution in [2.75, 3.05) is 11.9 Å². The van der Waals surface area contributed by atoms with Crippen LogP contribution in [-0.2, 0) is 16.4 Å². The molecule has 0 atom stereocenters. The van der Waals surface area contributed by atoms with Crippen LogP contribution in [0.5, 0.6) is 0 Å². The van der Waals surface area contributed by atoms with Gasteiger partial charge in [-0.25, -0.2) is 13.1 Å². The molecule has 1 aromatic rings. The molecule has 4 nitrogen and oxygen atoms in total. The number of aryl methyl sites for hydroxylation is 1. The number of nitrogens with one attached hydrogen (secondary N) is 2. The zero-order chi connectivity index (χ0) is 14.8. The lowest BCUT2D eigenvalue weighted by atomic mass is 10.00. The molecule has 0 spiro atoms. The molecule has 0 fully saturated rings. The highest BCUT2D eigenvalue weighted by Gasteiger charge is 2.25. The Kier molecular flexibility index (Phi) is 4.70. The van der Waals surface area contributed by atoms with Crippen molar-refractivity contribution in [1.29, 1.82) is 0 Å². The van der Waals surface area contributed by atoms with Crippen molar-refractivity contribution in [1.82, 2.24) is 4.72 Å². The number of hydrogen-bond donors (Lipinski definition) is 2. The van der Waals surface area contributed by atoms with E-state index in [1.54, 1.807) is 6.07 Å². The third-order valence-corrected chi connectivity index (χ3v) is 5.59. The third kappa shape index (κ3) is 2.99. The van der Waals surface area contributed by atoms with Crippen LogP contribution in [0.15, 0.2) is 17.0 Å². The Balaban J connectivity index is 2.42. The summed E-state index contributed by atoms with van der Waals surface area (Å²) in [4.78, 5) is 0.442. The summed E-state index contributed by atoms with van der Waals surface area (Å²) in [6.45, 7) is 6.94. The molecule has 0 aromatic heterocycles. The van der Waals surface area contributed by atoms with E-state index in [0.29, 0.717) is 4.90 Å². The van der Waals surface area contributed by atoms with Gasteiger partial charge in [0.05, 0.1) is 4.90 Å². The highest BCUT2D eigenvalue weighted by atomic mass is 32.2. The van der Waals surface area contributed by atoms with Crippen LogP contribution in [0.4, 0.5) is 5.69 Å². The van der Waals surface area contributed by atoms with Gasteiger partial charge in [0.15, 0.2) is 0 Å². The van der Waals surface area contributed by atoms with E-state index >= 15 is 0 Å². The SMILES string of the molecule is CCC(CC)NS(=O)(=O)c1ccc(C)c2c1CCCN2. The minimum absolute atomic E-state index is 0.00787. The van der Waals surface area contributed by atoms with Crippen LogP contribution >= 0.6 is 0 Å². The first-order chi connectivity index (χ1) is 9.49. The predicted molar refractivity (Wildman–Crippen MR) is 82.7 cm³/mol. The minimum Gasteiger partial charge on any atom is -0.385 e. The van der Waals surface area contributed by atoms with E-state index in [9.17, 15) is 8.42 Å². The molecule has 2 N–H and O–H groups in total. The van der Waals surface area contributed by atoms with E-state index in [1.807, 2.05) is 26.8 Å². The molecule has 0 aliphatic carbocycles. The molecule has 0 radical (unpaired) electrons. The number of sulfonamides is 1. The van der Waals surface area contributed by atoms with Crippen molar-refractivity contribution in [3.63, 3.8) is 0 Å². The number of anilines is 1. The highest BCUT2D eigenvalue weighted by molar-refractivity contribution is 7.89. The molecule has 1 aliphatic rings. The molecule has 112 valence electrons. The van der Waals surface area contributed by atoms with Gasteiger partial charge in [-0.05, 0) is 49.8 Å². The van der Waals surface area contributed by atoms with Crippen molar-refractivity contribution in [2.45, 2.75) is 57.4 Å². The van der Waals surface area contributed by atoms with Gasteiger partial charge in [-0.2, -0.15) is 0 Å². The molecular formula is C15H24N2O2S. The topological polar surface area (TPSA) is 58.2 Å². The first-order valence-corrected chi connectivity index (χ1v) is 8.86. The first-order valence-electron chi connectivity index (χ1n) is 7.38. The van der Waals surface area contributed by atoms with Gasteiger partial charge in [-0.1, -0.05) is 19.9 Å². The standard InChI is InChI=1S/C15H24N2O2S/c1-4-12(5-2)17-20(18,19)14-9-8-11(3)15-13(14)7-6-10-16-15/h8-9,12,16-17H,4-7,10H2,1-3H3. The predicted octanol–water partition coefficient (Wildman–Crippen LogP) is 2.82. The Morgan fingerprint density at radius 1 is 1.30 bits per heavy atom. The van der Waals surface area contributed by atoms with Crippen molar-refractivity contribution >= 4 is 15.7 Å². The Morgan fingerprint density at radius 3 is 2.65 bits per heavy atom. The maximum Gasteiger partial charge on any atom is 0.241 e. The Hall–Kier alpha value is -1.07. The minimum atomic E-state index is -3.43. The molecule has 1 aromatic carbocycles. The highest BCUT2D eigenvalue weighted by Crippen LogP contribution is 2.31. The quantitative estimate of drug-likeness (QED) is 0.878. The van der Waals surface area contributed by atoms with Gasteiger partial charge in [0.2, 0.25) is 10.0 Å². The van der Waals surface area contributed by atoms with E-state index in [2.05, 4.69) is 10.0 Å². The Morgan fingerprint density at radius 2 is 2.00 bits per heavy atom. The van der Waals surface area contributed by atoms with Gasteiger partial charge in [0, 0.05) is 18.3 Å². The van der Waals surface area contributed by atoms with Crippen LogP contribution in [0.3, 0.4) is 0 Å². The van der Waals surface area contributed by atoms with Crippen LogP contribution in [0.1, 0.15) is 44.2 Å². The second-order valence-electron chi connectivity index (χ2n) is 5.40. The maximum atomic E-state index is 12.6. The summed E-state index contributed by atoms with van der Waals surface area (Å²) >= 11 is 0. The Bertz CT molecular complexity index is 578.